The van der Waals surface area contributed by atoms with Crippen LogP contribution in [0.5, 0.6) is 0 Å². The Kier molecular flexibility index (Phi) is 7.12. The molecule has 0 saturated heterocycles. The van der Waals surface area contributed by atoms with E-state index in [1.807, 2.05) is 47.0 Å². The molecule has 0 N–H and O–H groups in total. The molecular weight excluding hydrogens is 524 g/mol. The molecular formula is C27H7B10ClN4. The van der Waals surface area contributed by atoms with Crippen LogP contribution in [-0.4, -0.2) is 98.0 Å². The molecule has 0 spiro atoms. The number of halogens is 1. The third-order valence-corrected chi connectivity index (χ3v) is 7.53. The van der Waals surface area contributed by atoms with E-state index in [1.54, 1.807) is 0 Å². The zero-order chi connectivity index (χ0) is 30.2. The summed E-state index contributed by atoms with van der Waals surface area (Å²) in [5.41, 5.74) is 3.69. The zero-order valence-electron chi connectivity index (χ0n) is 22.0. The van der Waals surface area contributed by atoms with E-state index in [1.165, 1.54) is 0 Å². The van der Waals surface area contributed by atoms with Gasteiger partial charge in [0, 0.05) is 27.6 Å². The lowest BCUT2D eigenvalue weighted by atomic mass is 9.60. The third kappa shape index (κ3) is 4.25. The van der Waals surface area contributed by atoms with E-state index in [0.717, 1.165) is 16.3 Å². The molecule has 20 radical (unpaired) electrons. The first-order valence-corrected chi connectivity index (χ1v) is 12.8. The second-order valence-electron chi connectivity index (χ2n) is 9.70. The van der Waals surface area contributed by atoms with Gasteiger partial charge in [-0.15, -0.1) is 32.8 Å². The number of para-hydroxylation sites is 1. The standard InChI is InChI=1S/C27H7B10ClN4/c28-14-13(15(29)17(31)18(32)16(14)30)26-39-25(40-27(38)41-26)8-5-6-10-9-3-1-2-4-11(9)42(12(10)7-8)24-22(36)20(34)19(33)21(35)23(24)37/h1-7H. The summed E-state index contributed by atoms with van der Waals surface area (Å²) in [6.07, 6.45) is 0. The van der Waals surface area contributed by atoms with E-state index < -0.39 is 0 Å². The monoisotopic (exact) mass is 532 g/mol. The molecule has 15 heteroatoms. The third-order valence-electron chi connectivity index (χ3n) is 7.36. The lowest BCUT2D eigenvalue weighted by Crippen LogP contribution is -2.56. The first kappa shape index (κ1) is 28.7. The maximum atomic E-state index is 6.48. The van der Waals surface area contributed by atoms with Crippen LogP contribution < -0.4 is 54.6 Å². The lowest BCUT2D eigenvalue weighted by Gasteiger charge is -2.23. The van der Waals surface area contributed by atoms with Gasteiger partial charge in [0.1, 0.15) is 78.5 Å². The number of rotatable bonds is 3. The predicted octanol–water partition coefficient (Wildman–Crippen LogP) is -5.11. The van der Waals surface area contributed by atoms with Gasteiger partial charge in [-0.1, -0.05) is 52.2 Å². The summed E-state index contributed by atoms with van der Waals surface area (Å²) in [6, 6.07) is 13.3. The van der Waals surface area contributed by atoms with Crippen LogP contribution in [-0.2, 0) is 0 Å². The molecule has 2 heterocycles. The van der Waals surface area contributed by atoms with Crippen LogP contribution in [0.3, 0.4) is 0 Å². The summed E-state index contributed by atoms with van der Waals surface area (Å²) >= 11 is 6.36. The minimum Gasteiger partial charge on any atom is -0.310 e. The van der Waals surface area contributed by atoms with E-state index in [-0.39, 0.29) is 77.1 Å². The fourth-order valence-corrected chi connectivity index (χ4v) is 5.27. The van der Waals surface area contributed by atoms with Crippen molar-refractivity contribution in [3.63, 3.8) is 0 Å². The van der Waals surface area contributed by atoms with Crippen LogP contribution in [0.4, 0.5) is 0 Å². The van der Waals surface area contributed by atoms with Crippen molar-refractivity contribution in [2.45, 2.75) is 0 Å². The number of benzene rings is 4. The van der Waals surface area contributed by atoms with Gasteiger partial charge in [0.2, 0.25) is 5.28 Å². The SMILES string of the molecule is [B]c1c([B])c([B])c(-c2nc(Cl)nc(-c3ccc4c5ccccc5n(-c5c([B])c([B])c([B])c([B])c5[B])c4c3)n2)c([B])c1[B]. The second kappa shape index (κ2) is 10.4. The Balaban J connectivity index is 1.65. The summed E-state index contributed by atoms with van der Waals surface area (Å²) in [5, 5.41) is 1.70. The Hall–Kier alpha value is -3.37. The molecule has 2 aromatic heterocycles. The van der Waals surface area contributed by atoms with Crippen LogP contribution in [0, 0.1) is 0 Å². The van der Waals surface area contributed by atoms with Gasteiger partial charge >= 0.3 is 0 Å². The topological polar surface area (TPSA) is 43.6 Å². The normalized spacial score (nSPS) is 11.5. The van der Waals surface area contributed by atoms with Crippen LogP contribution in [0.2, 0.25) is 5.28 Å². The van der Waals surface area contributed by atoms with Crippen LogP contribution >= 0.6 is 11.6 Å². The number of aromatic nitrogens is 4. The first-order chi connectivity index (χ1) is 19.9. The Morgan fingerprint density at radius 2 is 1.00 bits per heavy atom. The van der Waals surface area contributed by atoms with Crippen molar-refractivity contribution >= 4 is 166 Å². The highest BCUT2D eigenvalue weighted by atomic mass is 35.5. The fourth-order valence-electron chi connectivity index (χ4n) is 5.11. The van der Waals surface area contributed by atoms with Gasteiger partial charge < -0.3 is 4.57 Å². The molecule has 0 saturated carbocycles. The average Bonchev–Trinajstić information content (AvgIpc) is 3.30. The summed E-state index contributed by atoms with van der Waals surface area (Å²) < 4.78 is 1.87. The molecule has 172 valence electrons. The molecule has 0 aliphatic rings. The predicted molar refractivity (Wildman–Crippen MR) is 184 cm³/mol. The molecule has 4 aromatic carbocycles. The van der Waals surface area contributed by atoms with Crippen molar-refractivity contribution in [3.8, 4) is 28.5 Å². The zero-order valence-corrected chi connectivity index (χ0v) is 22.7. The summed E-state index contributed by atoms with van der Waals surface area (Å²) in [5.74, 6) is 0.278. The minimum absolute atomic E-state index is 0.0537. The van der Waals surface area contributed by atoms with Crippen LogP contribution in [0.1, 0.15) is 0 Å². The quantitative estimate of drug-likeness (QED) is 0.215. The second-order valence-corrected chi connectivity index (χ2v) is 10.0. The Bertz CT molecular complexity index is 2070. The largest absolute Gasteiger partial charge is 0.310 e. The molecule has 0 aliphatic heterocycles. The highest BCUT2D eigenvalue weighted by Crippen LogP contribution is 2.33. The van der Waals surface area contributed by atoms with E-state index in [0.29, 0.717) is 16.8 Å². The van der Waals surface area contributed by atoms with Gasteiger partial charge in [-0.05, 0) is 23.7 Å². The summed E-state index contributed by atoms with van der Waals surface area (Å²) in [4.78, 5) is 13.2. The van der Waals surface area contributed by atoms with Crippen molar-refractivity contribution in [3.05, 3.63) is 47.7 Å². The van der Waals surface area contributed by atoms with Crippen molar-refractivity contribution in [2.75, 3.05) is 0 Å². The molecule has 0 atom stereocenters. The van der Waals surface area contributed by atoms with Gasteiger partial charge in [-0.2, -0.15) is 9.97 Å². The van der Waals surface area contributed by atoms with E-state index >= 15 is 0 Å². The summed E-state index contributed by atoms with van der Waals surface area (Å²) in [6.45, 7) is 0. The molecule has 6 aromatic rings. The summed E-state index contributed by atoms with van der Waals surface area (Å²) in [7, 11) is 62.0. The van der Waals surface area contributed by atoms with E-state index in [4.69, 9.17) is 90.1 Å². The molecule has 0 unspecified atom stereocenters. The highest BCUT2D eigenvalue weighted by Gasteiger charge is 2.20. The minimum atomic E-state index is -0.115. The average molecular weight is 531 g/mol. The van der Waals surface area contributed by atoms with Gasteiger partial charge in [0.15, 0.2) is 11.6 Å². The first-order valence-electron chi connectivity index (χ1n) is 12.4. The number of fused-ring (bicyclic) bond motifs is 3. The molecule has 6 rings (SSSR count). The van der Waals surface area contributed by atoms with Crippen LogP contribution in [0.25, 0.3) is 50.3 Å². The van der Waals surface area contributed by atoms with E-state index in [9.17, 15) is 0 Å². The van der Waals surface area contributed by atoms with Crippen molar-refractivity contribution in [2.24, 2.45) is 0 Å². The van der Waals surface area contributed by atoms with Gasteiger partial charge in [0.25, 0.3) is 0 Å². The van der Waals surface area contributed by atoms with E-state index in [2.05, 4.69) is 15.0 Å². The van der Waals surface area contributed by atoms with Gasteiger partial charge in [0.05, 0.1) is 11.0 Å². The Labute approximate surface area is 261 Å². The number of hydrogen-bond acceptors (Lipinski definition) is 3. The smallest absolute Gasteiger partial charge is 0.226 e. The number of nitrogens with zero attached hydrogens (tertiary/aromatic N) is 4. The maximum Gasteiger partial charge on any atom is 0.226 e. The highest BCUT2D eigenvalue weighted by molar-refractivity contribution is 6.69. The Morgan fingerprint density at radius 3 is 1.62 bits per heavy atom. The lowest BCUT2D eigenvalue weighted by molar-refractivity contribution is 1.07. The molecule has 42 heavy (non-hydrogen) atoms. The molecule has 4 nitrogen and oxygen atoms in total. The van der Waals surface area contributed by atoms with Gasteiger partial charge in [-0.25, -0.2) is 4.98 Å². The van der Waals surface area contributed by atoms with Crippen molar-refractivity contribution < 1.29 is 0 Å². The molecule has 0 fully saturated rings. The fraction of sp³-hybridized carbons (Fsp3) is 0. The molecule has 0 aliphatic carbocycles. The maximum absolute atomic E-state index is 6.48. The number of hydrogen-bond donors (Lipinski definition) is 0. The van der Waals surface area contributed by atoms with Gasteiger partial charge in [-0.3, -0.25) is 0 Å². The van der Waals surface area contributed by atoms with Crippen LogP contribution in [0.15, 0.2) is 42.5 Å². The van der Waals surface area contributed by atoms with Crippen molar-refractivity contribution in [1.82, 2.24) is 19.5 Å². The Morgan fingerprint density at radius 1 is 0.500 bits per heavy atom. The molecule has 0 amide bonds. The molecule has 0 bridgehead atoms. The van der Waals surface area contributed by atoms with Crippen molar-refractivity contribution in [1.29, 1.82) is 0 Å².